The molecule has 1 saturated heterocycles. The van der Waals surface area contributed by atoms with Crippen molar-refractivity contribution < 1.29 is 14.0 Å². The Balaban J connectivity index is 1.25. The summed E-state index contributed by atoms with van der Waals surface area (Å²) < 4.78 is 17.0. The van der Waals surface area contributed by atoms with Gasteiger partial charge in [0.15, 0.2) is 0 Å². The Kier molecular flexibility index (Phi) is 6.62. The number of anilines is 1. The number of halogens is 1. The maximum Gasteiger partial charge on any atom is 0.254 e. The van der Waals surface area contributed by atoms with E-state index in [0.29, 0.717) is 23.4 Å². The third kappa shape index (κ3) is 5.05. The maximum absolute atomic E-state index is 13.4. The summed E-state index contributed by atoms with van der Waals surface area (Å²) in [7, 11) is 1.95. The van der Waals surface area contributed by atoms with E-state index in [1.165, 1.54) is 12.1 Å². The van der Waals surface area contributed by atoms with Crippen LogP contribution < -0.4 is 5.32 Å². The number of aryl methyl sites for hydroxylation is 1. The van der Waals surface area contributed by atoms with Crippen LogP contribution in [0.15, 0.2) is 73.3 Å². The number of rotatable bonds is 6. The average molecular weight is 487 g/mol. The number of carbonyl (C=O) groups is 2. The number of benzene rings is 2. The first-order valence-electron chi connectivity index (χ1n) is 12.0. The van der Waals surface area contributed by atoms with Gasteiger partial charge >= 0.3 is 0 Å². The van der Waals surface area contributed by atoms with E-state index in [1.54, 1.807) is 47.5 Å². The first-order chi connectivity index (χ1) is 17.5. The van der Waals surface area contributed by atoms with Crippen LogP contribution in [-0.2, 0) is 18.3 Å². The van der Waals surface area contributed by atoms with Gasteiger partial charge in [-0.15, -0.1) is 0 Å². The van der Waals surface area contributed by atoms with Crippen LogP contribution in [0.1, 0.15) is 47.1 Å². The zero-order valence-corrected chi connectivity index (χ0v) is 20.0. The molecule has 36 heavy (non-hydrogen) atoms. The second-order valence-electron chi connectivity index (χ2n) is 8.98. The molecule has 5 rings (SSSR count). The summed E-state index contributed by atoms with van der Waals surface area (Å²) in [5.74, 6) is 0.260. The molecule has 1 aliphatic heterocycles. The van der Waals surface area contributed by atoms with Crippen molar-refractivity contribution in [2.75, 3.05) is 11.9 Å². The molecule has 1 N–H and O–H groups in total. The van der Waals surface area contributed by atoms with Crippen molar-refractivity contribution >= 4 is 17.5 Å². The van der Waals surface area contributed by atoms with Crippen molar-refractivity contribution in [2.45, 2.75) is 31.7 Å². The lowest BCUT2D eigenvalue weighted by Gasteiger charge is -2.35. The lowest BCUT2D eigenvalue weighted by atomic mass is 10.00. The number of nitrogens with one attached hydrogen (secondary N) is 1. The highest BCUT2D eigenvalue weighted by Gasteiger charge is 2.31. The third-order valence-corrected chi connectivity index (χ3v) is 6.42. The van der Waals surface area contributed by atoms with Crippen LogP contribution in [0.3, 0.4) is 0 Å². The largest absolute Gasteiger partial charge is 0.336 e. The SMILES string of the molecule is Cn1ccnc1C1CCCCN1C(=O)c1ccc(-n2cc(NC(=O)Cc3cccc(F)c3)cn2)cc1. The fourth-order valence-electron chi connectivity index (χ4n) is 4.63. The Morgan fingerprint density at radius 3 is 2.72 bits per heavy atom. The number of aromatic nitrogens is 4. The summed E-state index contributed by atoms with van der Waals surface area (Å²) in [4.78, 5) is 32.1. The Morgan fingerprint density at radius 2 is 1.97 bits per heavy atom. The Bertz CT molecular complexity index is 1380. The molecule has 1 unspecified atom stereocenters. The average Bonchev–Trinajstić information content (AvgIpc) is 3.52. The first kappa shape index (κ1) is 23.5. The Labute approximate surface area is 208 Å². The van der Waals surface area contributed by atoms with Gasteiger partial charge in [0.2, 0.25) is 5.91 Å². The second kappa shape index (κ2) is 10.2. The summed E-state index contributed by atoms with van der Waals surface area (Å²) >= 11 is 0. The van der Waals surface area contributed by atoms with Gasteiger partial charge in [0.1, 0.15) is 11.6 Å². The van der Waals surface area contributed by atoms with Gasteiger partial charge in [-0.05, 0) is 61.2 Å². The summed E-state index contributed by atoms with van der Waals surface area (Å²) in [6, 6.07) is 13.2. The molecule has 4 aromatic rings. The van der Waals surface area contributed by atoms with Gasteiger partial charge in [0, 0.05) is 31.5 Å². The molecule has 0 spiro atoms. The van der Waals surface area contributed by atoms with E-state index < -0.39 is 0 Å². The lowest BCUT2D eigenvalue weighted by Crippen LogP contribution is -2.39. The number of hydrogen-bond acceptors (Lipinski definition) is 4. The predicted octanol–water partition coefficient (Wildman–Crippen LogP) is 4.29. The smallest absolute Gasteiger partial charge is 0.254 e. The van der Waals surface area contributed by atoms with E-state index in [2.05, 4.69) is 15.4 Å². The Morgan fingerprint density at radius 1 is 1.14 bits per heavy atom. The van der Waals surface area contributed by atoms with Crippen LogP contribution in [0.5, 0.6) is 0 Å². The molecule has 0 radical (unpaired) electrons. The van der Waals surface area contributed by atoms with Gasteiger partial charge in [-0.25, -0.2) is 14.1 Å². The minimum absolute atomic E-state index is 0.0139. The zero-order valence-electron chi connectivity index (χ0n) is 20.0. The zero-order chi connectivity index (χ0) is 25.1. The van der Waals surface area contributed by atoms with Crippen molar-refractivity contribution in [3.63, 3.8) is 0 Å². The molecule has 0 aliphatic carbocycles. The molecule has 2 aromatic carbocycles. The lowest BCUT2D eigenvalue weighted by molar-refractivity contribution is -0.115. The molecule has 8 nitrogen and oxygen atoms in total. The van der Waals surface area contributed by atoms with E-state index >= 15 is 0 Å². The van der Waals surface area contributed by atoms with Gasteiger partial charge in [-0.1, -0.05) is 12.1 Å². The minimum atomic E-state index is -0.373. The second-order valence-corrected chi connectivity index (χ2v) is 8.98. The van der Waals surface area contributed by atoms with E-state index in [-0.39, 0.29) is 30.1 Å². The van der Waals surface area contributed by atoms with Crippen LogP contribution in [0, 0.1) is 5.82 Å². The number of nitrogens with zero attached hydrogens (tertiary/aromatic N) is 5. The molecule has 1 fully saturated rings. The first-order valence-corrected chi connectivity index (χ1v) is 12.0. The van der Waals surface area contributed by atoms with Gasteiger partial charge in [0.25, 0.3) is 5.91 Å². The molecule has 1 aliphatic rings. The predicted molar refractivity (Wildman–Crippen MR) is 133 cm³/mol. The standard InChI is InChI=1S/C27H27FN6O2/c1-32-14-12-29-26(32)24-7-2-3-13-33(24)27(36)20-8-10-23(11-9-20)34-18-22(17-30-34)31-25(35)16-19-5-4-6-21(28)15-19/h4-6,8-12,14-15,17-18,24H,2-3,7,13,16H2,1H3,(H,31,35). The van der Waals surface area contributed by atoms with Gasteiger partial charge in [-0.3, -0.25) is 9.59 Å². The summed E-state index contributed by atoms with van der Waals surface area (Å²) in [6.07, 6.45) is 9.93. The van der Waals surface area contributed by atoms with Crippen molar-refractivity contribution in [1.82, 2.24) is 24.2 Å². The molecular formula is C27H27FN6O2. The van der Waals surface area contributed by atoms with Crippen LogP contribution in [0.4, 0.5) is 10.1 Å². The topological polar surface area (TPSA) is 85.0 Å². The van der Waals surface area contributed by atoms with Crippen LogP contribution in [0.2, 0.25) is 0 Å². The molecule has 0 saturated carbocycles. The van der Waals surface area contributed by atoms with E-state index in [4.69, 9.17) is 0 Å². The highest BCUT2D eigenvalue weighted by Crippen LogP contribution is 2.31. The quantitative estimate of drug-likeness (QED) is 0.441. The van der Waals surface area contributed by atoms with Gasteiger partial charge < -0.3 is 14.8 Å². The van der Waals surface area contributed by atoms with Crippen LogP contribution >= 0.6 is 0 Å². The molecule has 1 atom stereocenters. The van der Waals surface area contributed by atoms with Crippen molar-refractivity contribution in [2.24, 2.45) is 7.05 Å². The van der Waals surface area contributed by atoms with E-state index in [0.717, 1.165) is 30.8 Å². The fraction of sp³-hybridized carbons (Fsp3) is 0.259. The number of carbonyl (C=O) groups excluding carboxylic acids is 2. The molecular weight excluding hydrogens is 459 g/mol. The summed E-state index contributed by atoms with van der Waals surface area (Å²) in [5.41, 5.74) is 2.49. The minimum Gasteiger partial charge on any atom is -0.336 e. The number of hydrogen-bond donors (Lipinski definition) is 1. The van der Waals surface area contributed by atoms with Gasteiger partial charge in [-0.2, -0.15) is 5.10 Å². The highest BCUT2D eigenvalue weighted by atomic mass is 19.1. The van der Waals surface area contributed by atoms with Crippen LogP contribution in [-0.4, -0.2) is 42.6 Å². The molecule has 184 valence electrons. The van der Waals surface area contributed by atoms with E-state index in [1.807, 2.05) is 34.8 Å². The van der Waals surface area contributed by atoms with Crippen LogP contribution in [0.25, 0.3) is 5.69 Å². The summed E-state index contributed by atoms with van der Waals surface area (Å²) in [6.45, 7) is 0.704. The molecule has 3 heterocycles. The number of piperidine rings is 1. The Hall–Kier alpha value is -4.27. The molecule has 0 bridgehead atoms. The molecule has 9 heteroatoms. The normalized spacial score (nSPS) is 15.6. The fourth-order valence-corrected chi connectivity index (χ4v) is 4.63. The maximum atomic E-state index is 13.4. The number of imidazole rings is 1. The van der Waals surface area contributed by atoms with Crippen molar-refractivity contribution in [3.05, 3.63) is 96.1 Å². The van der Waals surface area contributed by atoms with Gasteiger partial charge in [0.05, 0.1) is 36.2 Å². The number of amides is 2. The highest BCUT2D eigenvalue weighted by molar-refractivity contribution is 5.95. The number of likely N-dealkylation sites (tertiary alicyclic amines) is 1. The molecule has 2 aromatic heterocycles. The summed E-state index contributed by atoms with van der Waals surface area (Å²) in [5, 5.41) is 7.10. The van der Waals surface area contributed by atoms with Crippen molar-refractivity contribution in [1.29, 1.82) is 0 Å². The monoisotopic (exact) mass is 486 g/mol. The molecule has 2 amide bonds. The third-order valence-electron chi connectivity index (χ3n) is 6.42. The van der Waals surface area contributed by atoms with E-state index in [9.17, 15) is 14.0 Å². The van der Waals surface area contributed by atoms with Crippen molar-refractivity contribution in [3.8, 4) is 5.69 Å².